The Hall–Kier alpha value is -1.94. The molecule has 114 valence electrons. The Labute approximate surface area is 135 Å². The van der Waals surface area contributed by atoms with Crippen molar-refractivity contribution < 1.29 is 9.53 Å². The van der Waals surface area contributed by atoms with Crippen molar-refractivity contribution in [1.82, 2.24) is 0 Å². The zero-order valence-electron chi connectivity index (χ0n) is 12.8. The second-order valence-electron chi connectivity index (χ2n) is 5.19. The number of carbonyl (C=O) groups excluding carboxylic acids is 1. The van der Waals surface area contributed by atoms with Crippen molar-refractivity contribution in [3.05, 3.63) is 54.1 Å². The SMILES string of the molecule is CCN1C(=O)C[C@@H](c2ccc(OC)cc2)Sc2ccccc21. The molecule has 2 aromatic carbocycles. The lowest BCUT2D eigenvalue weighted by Crippen LogP contribution is -2.30. The summed E-state index contributed by atoms with van der Waals surface area (Å²) in [6.07, 6.45) is 0.513. The molecular weight excluding hydrogens is 294 g/mol. The van der Waals surface area contributed by atoms with Crippen molar-refractivity contribution in [2.45, 2.75) is 23.5 Å². The van der Waals surface area contributed by atoms with Gasteiger partial charge in [-0.3, -0.25) is 4.79 Å². The summed E-state index contributed by atoms with van der Waals surface area (Å²) in [6, 6.07) is 16.1. The third kappa shape index (κ3) is 2.83. The van der Waals surface area contributed by atoms with Gasteiger partial charge in [0.25, 0.3) is 0 Å². The highest BCUT2D eigenvalue weighted by Crippen LogP contribution is 2.45. The molecule has 0 unspecified atom stereocenters. The van der Waals surface area contributed by atoms with E-state index in [1.807, 2.05) is 54.3 Å². The Morgan fingerprint density at radius 2 is 1.91 bits per heavy atom. The third-order valence-electron chi connectivity index (χ3n) is 3.89. The van der Waals surface area contributed by atoms with E-state index >= 15 is 0 Å². The zero-order valence-corrected chi connectivity index (χ0v) is 13.6. The fraction of sp³-hybridized carbons (Fsp3) is 0.278. The van der Waals surface area contributed by atoms with E-state index in [-0.39, 0.29) is 11.2 Å². The topological polar surface area (TPSA) is 29.5 Å². The Balaban J connectivity index is 1.96. The molecule has 2 aromatic rings. The largest absolute Gasteiger partial charge is 0.497 e. The first kappa shape index (κ1) is 15.0. The van der Waals surface area contributed by atoms with E-state index < -0.39 is 0 Å². The van der Waals surface area contributed by atoms with Crippen LogP contribution in [-0.4, -0.2) is 19.6 Å². The molecule has 0 radical (unpaired) electrons. The number of amides is 1. The smallest absolute Gasteiger partial charge is 0.228 e. The molecule has 3 nitrogen and oxygen atoms in total. The van der Waals surface area contributed by atoms with Gasteiger partial charge in [0, 0.05) is 23.1 Å². The zero-order chi connectivity index (χ0) is 15.5. The molecule has 1 amide bonds. The molecule has 0 N–H and O–H groups in total. The molecule has 0 bridgehead atoms. The normalized spacial score (nSPS) is 17.8. The van der Waals surface area contributed by atoms with Crippen LogP contribution < -0.4 is 9.64 Å². The number of methoxy groups -OCH3 is 1. The van der Waals surface area contributed by atoms with Crippen LogP contribution in [0.1, 0.15) is 24.2 Å². The number of hydrogen-bond donors (Lipinski definition) is 0. The first-order chi connectivity index (χ1) is 10.7. The van der Waals surface area contributed by atoms with Crippen LogP contribution in [0.15, 0.2) is 53.4 Å². The first-order valence-corrected chi connectivity index (χ1v) is 8.31. The van der Waals surface area contributed by atoms with Crippen LogP contribution in [0.3, 0.4) is 0 Å². The predicted octanol–water partition coefficient (Wildman–Crippen LogP) is 4.29. The van der Waals surface area contributed by atoms with Gasteiger partial charge in [-0.15, -0.1) is 11.8 Å². The van der Waals surface area contributed by atoms with E-state index in [1.54, 1.807) is 18.9 Å². The molecule has 1 heterocycles. The van der Waals surface area contributed by atoms with Gasteiger partial charge >= 0.3 is 0 Å². The molecule has 0 saturated carbocycles. The molecule has 0 fully saturated rings. The van der Waals surface area contributed by atoms with Crippen LogP contribution in [0.25, 0.3) is 0 Å². The van der Waals surface area contributed by atoms with Gasteiger partial charge in [-0.2, -0.15) is 0 Å². The predicted molar refractivity (Wildman–Crippen MR) is 90.7 cm³/mol. The lowest BCUT2D eigenvalue weighted by atomic mass is 10.1. The second kappa shape index (κ2) is 6.44. The number of para-hydroxylation sites is 1. The number of benzene rings is 2. The summed E-state index contributed by atoms with van der Waals surface area (Å²) < 4.78 is 5.21. The summed E-state index contributed by atoms with van der Waals surface area (Å²) in [5.74, 6) is 1.02. The minimum absolute atomic E-state index is 0.135. The van der Waals surface area contributed by atoms with Crippen molar-refractivity contribution >= 4 is 23.4 Å². The van der Waals surface area contributed by atoms with E-state index in [2.05, 4.69) is 6.07 Å². The summed E-state index contributed by atoms with van der Waals surface area (Å²) in [4.78, 5) is 15.6. The molecule has 1 aliphatic heterocycles. The molecule has 22 heavy (non-hydrogen) atoms. The fourth-order valence-corrected chi connectivity index (χ4v) is 4.01. The van der Waals surface area contributed by atoms with Crippen LogP contribution in [0.2, 0.25) is 0 Å². The van der Waals surface area contributed by atoms with Crippen molar-refractivity contribution in [1.29, 1.82) is 0 Å². The number of hydrogen-bond acceptors (Lipinski definition) is 3. The Kier molecular flexibility index (Phi) is 4.39. The number of rotatable bonds is 3. The highest BCUT2D eigenvalue weighted by molar-refractivity contribution is 7.99. The lowest BCUT2D eigenvalue weighted by molar-refractivity contribution is -0.118. The maximum atomic E-state index is 12.6. The molecule has 0 aromatic heterocycles. The third-order valence-corrected chi connectivity index (χ3v) is 5.21. The summed E-state index contributed by atoms with van der Waals surface area (Å²) >= 11 is 1.76. The Bertz CT molecular complexity index is 669. The standard InChI is InChI=1S/C18H19NO2S/c1-3-19-15-6-4-5-7-16(15)22-17(12-18(19)20)13-8-10-14(21-2)11-9-13/h4-11,17H,3,12H2,1-2H3/t17-/m0/s1. The van der Waals surface area contributed by atoms with Crippen LogP contribution >= 0.6 is 11.8 Å². The summed E-state index contributed by atoms with van der Waals surface area (Å²) in [5.41, 5.74) is 2.18. The molecule has 3 rings (SSSR count). The first-order valence-electron chi connectivity index (χ1n) is 7.43. The monoisotopic (exact) mass is 313 g/mol. The molecule has 1 atom stereocenters. The average molecular weight is 313 g/mol. The van der Waals surface area contributed by atoms with Gasteiger partial charge in [-0.1, -0.05) is 24.3 Å². The van der Waals surface area contributed by atoms with E-state index in [9.17, 15) is 4.79 Å². The maximum absolute atomic E-state index is 12.6. The van der Waals surface area contributed by atoms with Gasteiger partial charge in [0.2, 0.25) is 5.91 Å². The summed E-state index contributed by atoms with van der Waals surface area (Å²) in [5, 5.41) is 0.135. The highest BCUT2D eigenvalue weighted by atomic mass is 32.2. The van der Waals surface area contributed by atoms with Crippen molar-refractivity contribution in [2.75, 3.05) is 18.6 Å². The number of ether oxygens (including phenoxy) is 1. The molecule has 0 spiro atoms. The number of fused-ring (bicyclic) bond motifs is 1. The maximum Gasteiger partial charge on any atom is 0.228 e. The quantitative estimate of drug-likeness (QED) is 0.847. The van der Waals surface area contributed by atoms with Crippen molar-refractivity contribution in [3.63, 3.8) is 0 Å². The number of thioether (sulfide) groups is 1. The van der Waals surface area contributed by atoms with Gasteiger partial charge in [0.15, 0.2) is 0 Å². The average Bonchev–Trinajstić information content (AvgIpc) is 2.70. The summed E-state index contributed by atoms with van der Waals surface area (Å²) in [6.45, 7) is 2.72. The van der Waals surface area contributed by atoms with Gasteiger partial charge in [-0.25, -0.2) is 0 Å². The molecule has 1 aliphatic rings. The highest BCUT2D eigenvalue weighted by Gasteiger charge is 2.28. The minimum atomic E-state index is 0.135. The molecular formula is C18H19NO2S. The second-order valence-corrected chi connectivity index (χ2v) is 6.43. The van der Waals surface area contributed by atoms with Gasteiger partial charge < -0.3 is 9.64 Å². The number of nitrogens with zero attached hydrogens (tertiary/aromatic N) is 1. The van der Waals surface area contributed by atoms with E-state index in [4.69, 9.17) is 4.74 Å². The van der Waals surface area contributed by atoms with E-state index in [1.165, 1.54) is 0 Å². The van der Waals surface area contributed by atoms with Gasteiger partial charge in [0.05, 0.1) is 12.8 Å². The van der Waals surface area contributed by atoms with Crippen molar-refractivity contribution in [3.8, 4) is 5.75 Å². The number of carbonyl (C=O) groups is 1. The van der Waals surface area contributed by atoms with Crippen molar-refractivity contribution in [2.24, 2.45) is 0 Å². The van der Waals surface area contributed by atoms with E-state index in [0.29, 0.717) is 13.0 Å². The summed E-state index contributed by atoms with van der Waals surface area (Å²) in [7, 11) is 1.66. The Morgan fingerprint density at radius 1 is 1.18 bits per heavy atom. The van der Waals surface area contributed by atoms with Crippen LogP contribution in [0, 0.1) is 0 Å². The van der Waals surface area contributed by atoms with Gasteiger partial charge in [-0.05, 0) is 36.8 Å². The molecule has 4 heteroatoms. The van der Waals surface area contributed by atoms with Gasteiger partial charge in [0.1, 0.15) is 5.75 Å². The van der Waals surface area contributed by atoms with E-state index in [0.717, 1.165) is 21.9 Å². The lowest BCUT2D eigenvalue weighted by Gasteiger charge is -2.20. The minimum Gasteiger partial charge on any atom is -0.497 e. The molecule has 0 saturated heterocycles. The van der Waals surface area contributed by atoms with Crippen LogP contribution in [0.4, 0.5) is 5.69 Å². The fourth-order valence-electron chi connectivity index (χ4n) is 2.73. The Morgan fingerprint density at radius 3 is 2.59 bits per heavy atom. The van der Waals surface area contributed by atoms with Crippen LogP contribution in [0.5, 0.6) is 5.75 Å². The van der Waals surface area contributed by atoms with Crippen LogP contribution in [-0.2, 0) is 4.79 Å². The molecule has 0 aliphatic carbocycles. The number of anilines is 1.